The molecule has 0 aliphatic rings. The molecule has 27 heavy (non-hydrogen) atoms. The second-order valence-corrected chi connectivity index (χ2v) is 7.12. The first-order chi connectivity index (χ1) is 12.9. The van der Waals surface area contributed by atoms with Crippen LogP contribution in [0.4, 0.5) is 4.39 Å². The summed E-state index contributed by atoms with van der Waals surface area (Å²) in [5.41, 5.74) is 1.87. The van der Waals surface area contributed by atoms with Crippen molar-refractivity contribution in [1.29, 1.82) is 0 Å². The fraction of sp³-hybridized carbons (Fsp3) is 0.0476. The molecule has 0 bridgehead atoms. The molecule has 2 aromatic carbocycles. The number of benzene rings is 2. The van der Waals surface area contributed by atoms with Gasteiger partial charge < -0.3 is 5.11 Å². The minimum Gasteiger partial charge on any atom is -0.478 e. The highest BCUT2D eigenvalue weighted by atomic mass is 35.5. The van der Waals surface area contributed by atoms with E-state index in [-0.39, 0.29) is 23.6 Å². The quantitative estimate of drug-likeness (QED) is 0.537. The Bertz CT molecular complexity index is 1020. The number of halogens is 2. The predicted molar refractivity (Wildman–Crippen MR) is 106 cm³/mol. The maximum absolute atomic E-state index is 13.2. The Morgan fingerprint density at radius 1 is 1.15 bits per heavy atom. The van der Waals surface area contributed by atoms with Gasteiger partial charge in [0.2, 0.25) is 0 Å². The summed E-state index contributed by atoms with van der Waals surface area (Å²) in [4.78, 5) is 24.6. The van der Waals surface area contributed by atoms with Crippen LogP contribution in [0, 0.1) is 5.82 Å². The molecule has 0 saturated carbocycles. The molecule has 1 aromatic heterocycles. The molecule has 1 heterocycles. The highest BCUT2D eigenvalue weighted by Gasteiger charge is 2.20. The van der Waals surface area contributed by atoms with Crippen LogP contribution in [0.25, 0.3) is 16.5 Å². The van der Waals surface area contributed by atoms with Gasteiger partial charge in [-0.3, -0.25) is 4.79 Å². The lowest BCUT2D eigenvalue weighted by Gasteiger charge is -2.03. The third-order valence-electron chi connectivity index (χ3n) is 3.86. The molecular formula is C21H14ClFO3S. The first-order valence-corrected chi connectivity index (χ1v) is 9.26. The van der Waals surface area contributed by atoms with Crippen LogP contribution in [0.15, 0.2) is 60.0 Å². The van der Waals surface area contributed by atoms with Crippen LogP contribution in [0.1, 0.15) is 21.5 Å². The maximum Gasteiger partial charge on any atom is 0.337 e. The minimum absolute atomic E-state index is 0.0441. The molecule has 3 rings (SSSR count). The number of thiophene rings is 1. The van der Waals surface area contributed by atoms with E-state index < -0.39 is 5.97 Å². The van der Waals surface area contributed by atoms with Crippen molar-refractivity contribution in [1.82, 2.24) is 0 Å². The summed E-state index contributed by atoms with van der Waals surface area (Å²) in [5, 5.41) is 11.9. The smallest absolute Gasteiger partial charge is 0.337 e. The van der Waals surface area contributed by atoms with Crippen LogP contribution >= 0.6 is 22.9 Å². The zero-order chi connectivity index (χ0) is 19.4. The first-order valence-electron chi connectivity index (χ1n) is 8.00. The second-order valence-electron chi connectivity index (χ2n) is 5.81. The van der Waals surface area contributed by atoms with Crippen molar-refractivity contribution in [3.05, 3.63) is 87.5 Å². The van der Waals surface area contributed by atoms with Crippen LogP contribution in [0.2, 0.25) is 5.02 Å². The van der Waals surface area contributed by atoms with Gasteiger partial charge in [0, 0.05) is 16.3 Å². The Kier molecular flexibility index (Phi) is 5.84. The van der Waals surface area contributed by atoms with Crippen LogP contribution in [-0.2, 0) is 11.2 Å². The minimum atomic E-state index is -1.09. The predicted octanol–water partition coefficient (Wildman–Crippen LogP) is 5.73. The zero-order valence-electron chi connectivity index (χ0n) is 14.0. The number of aromatic carboxylic acids is 1. The maximum atomic E-state index is 13.2. The summed E-state index contributed by atoms with van der Waals surface area (Å²) in [5.74, 6) is -1.73. The van der Waals surface area contributed by atoms with Gasteiger partial charge in [0.15, 0.2) is 5.78 Å². The summed E-state index contributed by atoms with van der Waals surface area (Å²) in [6.07, 6.45) is 2.80. The number of carbonyl (C=O) groups excluding carboxylic acids is 1. The molecule has 0 fully saturated rings. The third kappa shape index (κ3) is 4.70. The first kappa shape index (κ1) is 19.0. The number of hydrogen-bond donors (Lipinski definition) is 1. The molecule has 0 amide bonds. The van der Waals surface area contributed by atoms with Gasteiger partial charge in [0.1, 0.15) is 5.82 Å². The molecule has 136 valence electrons. The Morgan fingerprint density at radius 3 is 2.56 bits per heavy atom. The number of ketones is 1. The number of hydrogen-bond acceptors (Lipinski definition) is 3. The zero-order valence-corrected chi connectivity index (χ0v) is 15.6. The average Bonchev–Trinajstić information content (AvgIpc) is 3.04. The van der Waals surface area contributed by atoms with E-state index >= 15 is 0 Å². The van der Waals surface area contributed by atoms with Crippen molar-refractivity contribution < 1.29 is 19.1 Å². The summed E-state index contributed by atoms with van der Waals surface area (Å²) in [6, 6.07) is 12.7. The van der Waals surface area contributed by atoms with Gasteiger partial charge in [0.25, 0.3) is 0 Å². The van der Waals surface area contributed by atoms with Gasteiger partial charge in [0.05, 0.1) is 5.56 Å². The van der Waals surface area contributed by atoms with E-state index in [2.05, 4.69) is 0 Å². The van der Waals surface area contributed by atoms with Gasteiger partial charge >= 0.3 is 5.97 Å². The average molecular weight is 401 g/mol. The molecule has 1 N–H and O–H groups in total. The van der Waals surface area contributed by atoms with E-state index in [0.717, 1.165) is 5.56 Å². The molecule has 0 aliphatic carbocycles. The van der Waals surface area contributed by atoms with Crippen molar-refractivity contribution in [2.75, 3.05) is 0 Å². The molecule has 0 aliphatic heterocycles. The molecule has 6 heteroatoms. The summed E-state index contributed by atoms with van der Waals surface area (Å²) < 4.78 is 13.2. The van der Waals surface area contributed by atoms with Gasteiger partial charge in [-0.05, 0) is 52.4 Å². The topological polar surface area (TPSA) is 54.4 Å². The summed E-state index contributed by atoms with van der Waals surface area (Å²) in [7, 11) is 0. The lowest BCUT2D eigenvalue weighted by molar-refractivity contribution is -0.113. The fourth-order valence-corrected chi connectivity index (χ4v) is 3.81. The summed E-state index contributed by atoms with van der Waals surface area (Å²) >= 11 is 7.15. The monoisotopic (exact) mass is 400 g/mol. The summed E-state index contributed by atoms with van der Waals surface area (Å²) in [6.45, 7) is 0. The molecular weight excluding hydrogens is 387 g/mol. The number of carboxylic acid groups (broad SMARTS) is 1. The van der Waals surface area contributed by atoms with E-state index in [4.69, 9.17) is 11.6 Å². The van der Waals surface area contributed by atoms with Gasteiger partial charge in [-0.25, -0.2) is 9.18 Å². The molecule has 3 aromatic rings. The van der Waals surface area contributed by atoms with Crippen molar-refractivity contribution in [2.45, 2.75) is 6.42 Å². The van der Waals surface area contributed by atoms with Crippen LogP contribution in [0.5, 0.6) is 0 Å². The van der Waals surface area contributed by atoms with Crippen molar-refractivity contribution in [3.63, 3.8) is 0 Å². The van der Waals surface area contributed by atoms with E-state index in [1.54, 1.807) is 41.8 Å². The Balaban J connectivity index is 1.83. The highest BCUT2D eigenvalue weighted by molar-refractivity contribution is 7.14. The van der Waals surface area contributed by atoms with Crippen molar-refractivity contribution in [2.24, 2.45) is 0 Å². The molecule has 3 nitrogen and oxygen atoms in total. The molecule has 0 atom stereocenters. The number of carbonyl (C=O) groups is 2. The molecule has 0 radical (unpaired) electrons. The van der Waals surface area contributed by atoms with Crippen LogP contribution < -0.4 is 0 Å². The van der Waals surface area contributed by atoms with E-state index in [9.17, 15) is 19.1 Å². The number of allylic oxidation sites excluding steroid dienone is 1. The van der Waals surface area contributed by atoms with E-state index in [1.807, 2.05) is 0 Å². The SMILES string of the molecule is O=C(/C=C/c1cccc(F)c1)Cc1csc(-c2ccc(Cl)cc2)c1C(=O)O. The molecule has 0 spiro atoms. The lowest BCUT2D eigenvalue weighted by atomic mass is 10.0. The molecule has 0 unspecified atom stereocenters. The van der Waals surface area contributed by atoms with Crippen LogP contribution in [0.3, 0.4) is 0 Å². The normalized spacial score (nSPS) is 11.0. The fourth-order valence-electron chi connectivity index (χ4n) is 2.62. The number of carboxylic acids is 1. The van der Waals surface area contributed by atoms with Gasteiger partial charge in [-0.1, -0.05) is 41.9 Å². The van der Waals surface area contributed by atoms with E-state index in [0.29, 0.717) is 21.0 Å². The Hall–Kier alpha value is -2.76. The third-order valence-corrected chi connectivity index (χ3v) is 5.19. The Labute approximate surface area is 164 Å². The van der Waals surface area contributed by atoms with Gasteiger partial charge in [-0.15, -0.1) is 11.3 Å². The van der Waals surface area contributed by atoms with Crippen LogP contribution in [-0.4, -0.2) is 16.9 Å². The number of rotatable bonds is 6. The van der Waals surface area contributed by atoms with Crippen molar-refractivity contribution >= 4 is 40.8 Å². The highest BCUT2D eigenvalue weighted by Crippen LogP contribution is 2.34. The van der Waals surface area contributed by atoms with Crippen molar-refractivity contribution in [3.8, 4) is 10.4 Å². The standard InChI is InChI=1S/C21H14ClFO3S/c22-16-7-5-14(6-8-16)20-19(21(25)26)15(12-27-20)11-18(24)9-4-13-2-1-3-17(23)10-13/h1-10,12H,11H2,(H,25,26)/b9-4+. The Morgan fingerprint density at radius 2 is 1.89 bits per heavy atom. The second kappa shape index (κ2) is 8.29. The largest absolute Gasteiger partial charge is 0.478 e. The lowest BCUT2D eigenvalue weighted by Crippen LogP contribution is -2.05. The molecule has 0 saturated heterocycles. The van der Waals surface area contributed by atoms with Gasteiger partial charge in [-0.2, -0.15) is 0 Å². The van der Waals surface area contributed by atoms with E-state index in [1.165, 1.54) is 35.6 Å².